The fourth-order valence-electron chi connectivity index (χ4n) is 1.77. The van der Waals surface area contributed by atoms with Gasteiger partial charge >= 0.3 is 0 Å². The van der Waals surface area contributed by atoms with Crippen molar-refractivity contribution in [3.63, 3.8) is 0 Å². The van der Waals surface area contributed by atoms with Crippen LogP contribution < -0.4 is 10.1 Å². The standard InChI is InChI=1S/C15H23NO3/c1-2-13(10-11-17)16-15(18)9-6-12-19-14-7-4-3-5-8-14/h3-5,7-8,13,17H,2,6,9-12H2,1H3,(H,16,18). The number of para-hydroxylation sites is 1. The van der Waals surface area contributed by atoms with Crippen LogP contribution in [0.2, 0.25) is 0 Å². The van der Waals surface area contributed by atoms with Gasteiger partial charge in [-0.05, 0) is 31.4 Å². The molecule has 0 fully saturated rings. The molecule has 0 heterocycles. The molecule has 1 rings (SSSR count). The van der Waals surface area contributed by atoms with E-state index in [0.717, 1.165) is 12.2 Å². The highest BCUT2D eigenvalue weighted by Crippen LogP contribution is 2.08. The molecule has 0 bridgehead atoms. The highest BCUT2D eigenvalue weighted by Gasteiger charge is 2.09. The highest BCUT2D eigenvalue weighted by atomic mass is 16.5. The van der Waals surface area contributed by atoms with Gasteiger partial charge in [-0.3, -0.25) is 4.79 Å². The maximum atomic E-state index is 11.7. The normalized spacial score (nSPS) is 11.9. The molecule has 1 aromatic rings. The van der Waals surface area contributed by atoms with Crippen LogP contribution in [-0.4, -0.2) is 30.3 Å². The lowest BCUT2D eigenvalue weighted by molar-refractivity contribution is -0.122. The lowest BCUT2D eigenvalue weighted by Crippen LogP contribution is -2.35. The van der Waals surface area contributed by atoms with E-state index < -0.39 is 0 Å². The van der Waals surface area contributed by atoms with Gasteiger partial charge in [0, 0.05) is 19.1 Å². The monoisotopic (exact) mass is 265 g/mol. The van der Waals surface area contributed by atoms with E-state index in [1.54, 1.807) is 0 Å². The molecule has 1 amide bonds. The van der Waals surface area contributed by atoms with E-state index in [0.29, 0.717) is 25.9 Å². The quantitative estimate of drug-likeness (QED) is 0.672. The Bertz CT molecular complexity index is 354. The first-order chi connectivity index (χ1) is 9.26. The molecule has 19 heavy (non-hydrogen) atoms. The van der Waals surface area contributed by atoms with Gasteiger partial charge in [0.05, 0.1) is 6.61 Å². The number of carbonyl (C=O) groups excluding carboxylic acids is 1. The van der Waals surface area contributed by atoms with Gasteiger partial charge in [-0.2, -0.15) is 0 Å². The van der Waals surface area contributed by atoms with Crippen LogP contribution in [0.5, 0.6) is 5.75 Å². The minimum atomic E-state index is 0.0250. The largest absolute Gasteiger partial charge is 0.494 e. The van der Waals surface area contributed by atoms with Crippen LogP contribution in [0.1, 0.15) is 32.6 Å². The number of hydrogen-bond acceptors (Lipinski definition) is 3. The average molecular weight is 265 g/mol. The van der Waals surface area contributed by atoms with Crippen molar-refractivity contribution in [3.8, 4) is 5.75 Å². The van der Waals surface area contributed by atoms with Crippen molar-refractivity contribution in [1.29, 1.82) is 0 Å². The second-order valence-corrected chi connectivity index (χ2v) is 4.45. The molecule has 0 aliphatic rings. The predicted octanol–water partition coefficient (Wildman–Crippen LogP) is 2.12. The number of nitrogens with one attached hydrogen (secondary N) is 1. The maximum absolute atomic E-state index is 11.7. The van der Waals surface area contributed by atoms with Crippen LogP contribution >= 0.6 is 0 Å². The summed E-state index contributed by atoms with van der Waals surface area (Å²) in [6, 6.07) is 9.65. The molecule has 0 spiro atoms. The van der Waals surface area contributed by atoms with Crippen LogP contribution in [0, 0.1) is 0 Å². The molecule has 0 aliphatic carbocycles. The van der Waals surface area contributed by atoms with Gasteiger partial charge < -0.3 is 15.2 Å². The van der Waals surface area contributed by atoms with Gasteiger partial charge in [0.1, 0.15) is 5.75 Å². The predicted molar refractivity (Wildman–Crippen MR) is 75.1 cm³/mol. The summed E-state index contributed by atoms with van der Waals surface area (Å²) in [7, 11) is 0. The molecule has 1 unspecified atom stereocenters. The van der Waals surface area contributed by atoms with Gasteiger partial charge in [-0.15, -0.1) is 0 Å². The molecule has 0 saturated carbocycles. The number of aliphatic hydroxyl groups excluding tert-OH is 1. The number of ether oxygens (including phenoxy) is 1. The van der Waals surface area contributed by atoms with Gasteiger partial charge in [-0.25, -0.2) is 0 Å². The van der Waals surface area contributed by atoms with E-state index in [2.05, 4.69) is 5.32 Å². The Morgan fingerprint density at radius 2 is 2.11 bits per heavy atom. The lowest BCUT2D eigenvalue weighted by atomic mass is 10.1. The summed E-state index contributed by atoms with van der Waals surface area (Å²) in [5.74, 6) is 0.853. The van der Waals surface area contributed by atoms with E-state index in [-0.39, 0.29) is 18.6 Å². The van der Waals surface area contributed by atoms with E-state index >= 15 is 0 Å². The molecule has 0 aliphatic heterocycles. The SMILES string of the molecule is CCC(CCO)NC(=O)CCCOc1ccccc1. The summed E-state index contributed by atoms with van der Waals surface area (Å²) in [5.41, 5.74) is 0. The summed E-state index contributed by atoms with van der Waals surface area (Å²) >= 11 is 0. The fourth-order valence-corrected chi connectivity index (χ4v) is 1.77. The van der Waals surface area contributed by atoms with Crippen LogP contribution in [0.4, 0.5) is 0 Å². The Balaban J connectivity index is 2.13. The Morgan fingerprint density at radius 3 is 2.74 bits per heavy atom. The third kappa shape index (κ3) is 6.82. The third-order valence-corrected chi connectivity index (χ3v) is 2.90. The molecule has 1 aromatic carbocycles. The number of rotatable bonds is 9. The zero-order chi connectivity index (χ0) is 13.9. The summed E-state index contributed by atoms with van der Waals surface area (Å²) in [5, 5.41) is 11.8. The Morgan fingerprint density at radius 1 is 1.37 bits per heavy atom. The number of hydrogen-bond donors (Lipinski definition) is 2. The first-order valence-corrected chi connectivity index (χ1v) is 6.84. The molecule has 0 radical (unpaired) electrons. The van der Waals surface area contributed by atoms with Gasteiger partial charge in [0.2, 0.25) is 5.91 Å². The highest BCUT2D eigenvalue weighted by molar-refractivity contribution is 5.76. The topological polar surface area (TPSA) is 58.6 Å². The van der Waals surface area contributed by atoms with Crippen LogP contribution in [0.3, 0.4) is 0 Å². The van der Waals surface area contributed by atoms with Gasteiger partial charge in [0.15, 0.2) is 0 Å². The van der Waals surface area contributed by atoms with Crippen LogP contribution in [-0.2, 0) is 4.79 Å². The molecule has 4 nitrogen and oxygen atoms in total. The molecule has 1 atom stereocenters. The minimum absolute atomic E-state index is 0.0250. The smallest absolute Gasteiger partial charge is 0.220 e. The molecular formula is C15H23NO3. The van der Waals surface area contributed by atoms with Crippen molar-refractivity contribution < 1.29 is 14.6 Å². The molecule has 4 heteroatoms. The van der Waals surface area contributed by atoms with Crippen molar-refractivity contribution in [3.05, 3.63) is 30.3 Å². The lowest BCUT2D eigenvalue weighted by Gasteiger charge is -2.15. The molecule has 2 N–H and O–H groups in total. The minimum Gasteiger partial charge on any atom is -0.494 e. The van der Waals surface area contributed by atoms with E-state index in [1.807, 2.05) is 37.3 Å². The zero-order valence-corrected chi connectivity index (χ0v) is 11.5. The summed E-state index contributed by atoms with van der Waals surface area (Å²) < 4.78 is 5.52. The van der Waals surface area contributed by atoms with E-state index in [9.17, 15) is 4.79 Å². The first-order valence-electron chi connectivity index (χ1n) is 6.84. The fraction of sp³-hybridized carbons (Fsp3) is 0.533. The van der Waals surface area contributed by atoms with Gasteiger partial charge in [0.25, 0.3) is 0 Å². The van der Waals surface area contributed by atoms with E-state index in [4.69, 9.17) is 9.84 Å². The third-order valence-electron chi connectivity index (χ3n) is 2.90. The van der Waals surface area contributed by atoms with E-state index in [1.165, 1.54) is 0 Å². The number of carbonyl (C=O) groups is 1. The van der Waals surface area contributed by atoms with Crippen molar-refractivity contribution in [2.24, 2.45) is 0 Å². The summed E-state index contributed by atoms with van der Waals surface area (Å²) in [6.45, 7) is 2.64. The second-order valence-electron chi connectivity index (χ2n) is 4.45. The van der Waals surface area contributed by atoms with Crippen molar-refractivity contribution in [2.45, 2.75) is 38.6 Å². The Labute approximate surface area is 114 Å². The Kier molecular flexibility index (Phi) is 7.66. The number of benzene rings is 1. The summed E-state index contributed by atoms with van der Waals surface area (Å²) in [6.07, 6.45) is 2.60. The van der Waals surface area contributed by atoms with Crippen LogP contribution in [0.25, 0.3) is 0 Å². The molecule has 0 saturated heterocycles. The molecule has 0 aromatic heterocycles. The average Bonchev–Trinajstić information content (AvgIpc) is 2.44. The number of aliphatic hydroxyl groups is 1. The number of amides is 1. The second kappa shape index (κ2) is 9.39. The molecular weight excluding hydrogens is 242 g/mol. The molecule has 106 valence electrons. The van der Waals surface area contributed by atoms with Crippen molar-refractivity contribution in [1.82, 2.24) is 5.32 Å². The first kappa shape index (κ1) is 15.5. The van der Waals surface area contributed by atoms with Crippen LogP contribution in [0.15, 0.2) is 30.3 Å². The maximum Gasteiger partial charge on any atom is 0.220 e. The van der Waals surface area contributed by atoms with Crippen molar-refractivity contribution in [2.75, 3.05) is 13.2 Å². The van der Waals surface area contributed by atoms with Crippen molar-refractivity contribution >= 4 is 5.91 Å². The zero-order valence-electron chi connectivity index (χ0n) is 11.5. The van der Waals surface area contributed by atoms with Gasteiger partial charge in [-0.1, -0.05) is 25.1 Å². The Hall–Kier alpha value is -1.55. The summed E-state index contributed by atoms with van der Waals surface area (Å²) in [4.78, 5) is 11.7.